The number of rotatable bonds is 6. The van der Waals surface area contributed by atoms with Gasteiger partial charge in [-0.05, 0) is 35.7 Å². The van der Waals surface area contributed by atoms with Crippen LogP contribution in [0, 0.1) is 6.92 Å². The number of methoxy groups -OCH3 is 1. The number of hydrogen-bond donors (Lipinski definition) is 2. The maximum atomic E-state index is 12.1. The van der Waals surface area contributed by atoms with Crippen molar-refractivity contribution in [3.05, 3.63) is 65.2 Å². The van der Waals surface area contributed by atoms with Crippen LogP contribution in [-0.2, 0) is 12.0 Å². The molecule has 0 aliphatic rings. The van der Waals surface area contributed by atoms with Gasteiger partial charge in [-0.1, -0.05) is 50.2 Å². The van der Waals surface area contributed by atoms with Crippen LogP contribution in [0.3, 0.4) is 0 Å². The smallest absolute Gasteiger partial charge is 0.315 e. The first kappa shape index (κ1) is 17.9. The molecule has 2 aromatic carbocycles. The Kier molecular flexibility index (Phi) is 5.85. The first-order valence-corrected chi connectivity index (χ1v) is 8.13. The van der Waals surface area contributed by atoms with E-state index in [1.807, 2.05) is 55.5 Å². The summed E-state index contributed by atoms with van der Waals surface area (Å²) in [4.78, 5) is 12.1. The van der Waals surface area contributed by atoms with Crippen LogP contribution in [0.1, 0.15) is 30.5 Å². The normalized spacial score (nSPS) is 11.0. The largest absolute Gasteiger partial charge is 0.497 e. The molecule has 0 aliphatic carbocycles. The van der Waals surface area contributed by atoms with Crippen molar-refractivity contribution in [3.8, 4) is 5.75 Å². The van der Waals surface area contributed by atoms with Crippen LogP contribution in [0.5, 0.6) is 5.75 Å². The van der Waals surface area contributed by atoms with Gasteiger partial charge < -0.3 is 15.4 Å². The second-order valence-corrected chi connectivity index (χ2v) is 6.58. The first-order chi connectivity index (χ1) is 11.4. The van der Waals surface area contributed by atoms with E-state index in [4.69, 9.17) is 4.74 Å². The molecule has 0 aliphatic heterocycles. The number of amides is 2. The summed E-state index contributed by atoms with van der Waals surface area (Å²) >= 11 is 0. The van der Waals surface area contributed by atoms with Crippen LogP contribution >= 0.6 is 0 Å². The molecule has 2 aromatic rings. The van der Waals surface area contributed by atoms with Gasteiger partial charge in [0.15, 0.2) is 0 Å². The standard InChI is InChI=1S/C20H26N2O2/c1-15-7-5-6-8-16(15)13-21-19(23)22-14-20(2,3)17-9-11-18(24-4)12-10-17/h5-12H,13-14H2,1-4H3,(H2,21,22,23). The predicted octanol–water partition coefficient (Wildman–Crippen LogP) is 3.78. The number of ether oxygens (including phenoxy) is 1. The van der Waals surface area contributed by atoms with E-state index in [2.05, 4.69) is 24.5 Å². The summed E-state index contributed by atoms with van der Waals surface area (Å²) in [6.07, 6.45) is 0. The van der Waals surface area contributed by atoms with Gasteiger partial charge in [0.2, 0.25) is 0 Å². The molecule has 0 atom stereocenters. The third kappa shape index (κ3) is 4.75. The summed E-state index contributed by atoms with van der Waals surface area (Å²) in [6.45, 7) is 7.34. The second-order valence-electron chi connectivity index (χ2n) is 6.58. The molecule has 0 heterocycles. The molecule has 4 heteroatoms. The Bertz CT molecular complexity index is 678. The zero-order valence-corrected chi connectivity index (χ0v) is 14.8. The van der Waals surface area contributed by atoms with Crippen LogP contribution in [0.25, 0.3) is 0 Å². The third-order valence-corrected chi connectivity index (χ3v) is 4.26. The van der Waals surface area contributed by atoms with Crippen LogP contribution in [-0.4, -0.2) is 19.7 Å². The molecule has 0 aromatic heterocycles. The monoisotopic (exact) mass is 326 g/mol. The van der Waals surface area contributed by atoms with Gasteiger partial charge in [-0.25, -0.2) is 4.79 Å². The Balaban J connectivity index is 1.86. The molecule has 0 unspecified atom stereocenters. The van der Waals surface area contributed by atoms with Crippen LogP contribution in [0.2, 0.25) is 0 Å². The number of hydrogen-bond acceptors (Lipinski definition) is 2. The molecule has 0 bridgehead atoms. The van der Waals surface area contributed by atoms with Crippen molar-refractivity contribution in [1.82, 2.24) is 10.6 Å². The first-order valence-electron chi connectivity index (χ1n) is 8.13. The molecular formula is C20H26N2O2. The van der Waals surface area contributed by atoms with Crippen molar-refractivity contribution in [2.45, 2.75) is 32.7 Å². The van der Waals surface area contributed by atoms with Crippen LogP contribution in [0.15, 0.2) is 48.5 Å². The van der Waals surface area contributed by atoms with Gasteiger partial charge in [-0.2, -0.15) is 0 Å². The highest BCUT2D eigenvalue weighted by molar-refractivity contribution is 5.74. The van der Waals surface area contributed by atoms with Gasteiger partial charge >= 0.3 is 6.03 Å². The maximum Gasteiger partial charge on any atom is 0.315 e. The van der Waals surface area contributed by atoms with E-state index in [-0.39, 0.29) is 11.4 Å². The molecule has 0 radical (unpaired) electrons. The molecule has 2 rings (SSSR count). The molecule has 0 saturated carbocycles. The lowest BCUT2D eigenvalue weighted by Crippen LogP contribution is -2.42. The van der Waals surface area contributed by atoms with Crippen molar-refractivity contribution < 1.29 is 9.53 Å². The number of carbonyl (C=O) groups excluding carboxylic acids is 1. The SMILES string of the molecule is COc1ccc(C(C)(C)CNC(=O)NCc2ccccc2C)cc1. The highest BCUT2D eigenvalue weighted by atomic mass is 16.5. The fourth-order valence-electron chi connectivity index (χ4n) is 2.49. The Morgan fingerprint density at radius 2 is 1.71 bits per heavy atom. The van der Waals surface area contributed by atoms with Crippen molar-refractivity contribution in [2.24, 2.45) is 0 Å². The molecule has 0 saturated heterocycles. The van der Waals surface area contributed by atoms with Gasteiger partial charge in [-0.3, -0.25) is 0 Å². The lowest BCUT2D eigenvalue weighted by Gasteiger charge is -2.26. The topological polar surface area (TPSA) is 50.4 Å². The van der Waals surface area contributed by atoms with Crippen molar-refractivity contribution in [2.75, 3.05) is 13.7 Å². The number of urea groups is 1. The Morgan fingerprint density at radius 3 is 2.33 bits per heavy atom. The van der Waals surface area contributed by atoms with Crippen molar-refractivity contribution in [1.29, 1.82) is 0 Å². The summed E-state index contributed by atoms with van der Waals surface area (Å²) in [6, 6.07) is 15.8. The average Bonchev–Trinajstić information content (AvgIpc) is 2.59. The fraction of sp³-hybridized carbons (Fsp3) is 0.350. The molecule has 0 spiro atoms. The van der Waals surface area contributed by atoms with Gasteiger partial charge in [0, 0.05) is 18.5 Å². The second kappa shape index (κ2) is 7.86. The Hall–Kier alpha value is -2.49. The lowest BCUT2D eigenvalue weighted by molar-refractivity contribution is 0.238. The van der Waals surface area contributed by atoms with E-state index < -0.39 is 0 Å². The highest BCUT2D eigenvalue weighted by Crippen LogP contribution is 2.24. The molecule has 0 fully saturated rings. The molecular weight excluding hydrogens is 300 g/mol. The highest BCUT2D eigenvalue weighted by Gasteiger charge is 2.21. The van der Waals surface area contributed by atoms with Crippen LogP contribution in [0.4, 0.5) is 4.79 Å². The van der Waals surface area contributed by atoms with Gasteiger partial charge in [0.1, 0.15) is 5.75 Å². The van der Waals surface area contributed by atoms with E-state index in [1.165, 1.54) is 5.56 Å². The van der Waals surface area contributed by atoms with E-state index in [0.717, 1.165) is 16.9 Å². The number of aryl methyl sites for hydroxylation is 1. The summed E-state index contributed by atoms with van der Waals surface area (Å²) in [5, 5.41) is 5.87. The summed E-state index contributed by atoms with van der Waals surface area (Å²) in [5.41, 5.74) is 3.30. The third-order valence-electron chi connectivity index (χ3n) is 4.26. The quantitative estimate of drug-likeness (QED) is 0.849. The molecule has 2 N–H and O–H groups in total. The van der Waals surface area contributed by atoms with Gasteiger partial charge in [0.05, 0.1) is 7.11 Å². The fourth-order valence-corrected chi connectivity index (χ4v) is 2.49. The number of nitrogens with one attached hydrogen (secondary N) is 2. The van der Waals surface area contributed by atoms with Crippen molar-refractivity contribution >= 4 is 6.03 Å². The van der Waals surface area contributed by atoms with E-state index in [0.29, 0.717) is 13.1 Å². The Labute approximate surface area is 144 Å². The summed E-state index contributed by atoms with van der Waals surface area (Å²) in [5.74, 6) is 0.832. The zero-order chi connectivity index (χ0) is 17.6. The maximum absolute atomic E-state index is 12.1. The van der Waals surface area contributed by atoms with E-state index in [1.54, 1.807) is 7.11 Å². The minimum Gasteiger partial charge on any atom is -0.497 e. The number of benzene rings is 2. The average molecular weight is 326 g/mol. The van der Waals surface area contributed by atoms with Gasteiger partial charge in [-0.15, -0.1) is 0 Å². The van der Waals surface area contributed by atoms with E-state index >= 15 is 0 Å². The minimum absolute atomic E-state index is 0.153. The van der Waals surface area contributed by atoms with Gasteiger partial charge in [0.25, 0.3) is 0 Å². The molecule has 2 amide bonds. The molecule has 24 heavy (non-hydrogen) atoms. The summed E-state index contributed by atoms with van der Waals surface area (Å²) in [7, 11) is 1.65. The van der Waals surface area contributed by atoms with Crippen molar-refractivity contribution in [3.63, 3.8) is 0 Å². The Morgan fingerprint density at radius 1 is 1.04 bits per heavy atom. The zero-order valence-electron chi connectivity index (χ0n) is 14.8. The minimum atomic E-state index is -0.160. The molecule has 4 nitrogen and oxygen atoms in total. The van der Waals surface area contributed by atoms with Crippen LogP contribution < -0.4 is 15.4 Å². The molecule has 128 valence electrons. The number of carbonyl (C=O) groups is 1. The summed E-state index contributed by atoms with van der Waals surface area (Å²) < 4.78 is 5.18. The lowest BCUT2D eigenvalue weighted by atomic mass is 9.84. The van der Waals surface area contributed by atoms with E-state index in [9.17, 15) is 4.79 Å². The predicted molar refractivity (Wildman–Crippen MR) is 97.4 cm³/mol.